The molecule has 0 aliphatic rings. The van der Waals surface area contributed by atoms with Crippen LogP contribution in [0.15, 0.2) is 6.20 Å². The van der Waals surface area contributed by atoms with Crippen LogP contribution in [0.2, 0.25) is 0 Å². The maximum absolute atomic E-state index is 5.15. The molecule has 0 aliphatic carbocycles. The number of rotatable bonds is 1. The molecule has 0 aromatic heterocycles. The van der Waals surface area contributed by atoms with Gasteiger partial charge in [-0.1, -0.05) is 6.20 Å². The zero-order valence-corrected chi connectivity index (χ0v) is 7.96. The molecule has 3 heteroatoms. The number of nitrogens with zero attached hydrogens (tertiary/aromatic N) is 1. The molecule has 0 saturated carbocycles. The minimum absolute atomic E-state index is 0. The molecule has 2 nitrogen and oxygen atoms in total. The molecule has 0 spiro atoms. The van der Waals surface area contributed by atoms with Crippen LogP contribution in [-0.2, 0) is 0 Å². The fraction of sp³-hybridized carbons (Fsp3) is 0.600. The summed E-state index contributed by atoms with van der Waals surface area (Å²) < 4.78 is 0.722. The van der Waals surface area contributed by atoms with Crippen LogP contribution in [0.25, 0.3) is 0 Å². The van der Waals surface area contributed by atoms with Gasteiger partial charge in [-0.3, -0.25) is 0 Å². The summed E-state index contributed by atoms with van der Waals surface area (Å²) in [5.74, 6) is 0. The van der Waals surface area contributed by atoms with Crippen molar-refractivity contribution in [2.45, 2.75) is 0 Å². The zero-order valence-electron chi connectivity index (χ0n) is 6.76. The molecule has 0 bridgehead atoms. The van der Waals surface area contributed by atoms with Crippen LogP contribution in [0.5, 0.6) is 0 Å². The minimum atomic E-state index is 0. The Kier molecular flexibility index (Phi) is 12.1. The van der Waals surface area contributed by atoms with Crippen LogP contribution in [0.4, 0.5) is 0 Å². The summed E-state index contributed by atoms with van der Waals surface area (Å²) in [4.78, 5) is 0. The van der Waals surface area contributed by atoms with Gasteiger partial charge < -0.3 is 18.0 Å². The fourth-order valence-electron chi connectivity index (χ4n) is 0. The van der Waals surface area contributed by atoms with E-state index in [1.165, 1.54) is 0 Å². The van der Waals surface area contributed by atoms with Gasteiger partial charge >= 0.3 is 37.7 Å². The van der Waals surface area contributed by atoms with E-state index >= 15 is 0 Å². The number of quaternary nitrogens is 1. The summed E-state index contributed by atoms with van der Waals surface area (Å²) >= 11 is 0. The first-order valence-corrected chi connectivity index (χ1v) is 1.93. The van der Waals surface area contributed by atoms with Crippen molar-refractivity contribution >= 4 is 37.7 Å². The smallest absolute Gasteiger partial charge is 1.00 e. The van der Waals surface area contributed by atoms with E-state index in [1.54, 1.807) is 6.20 Å². The van der Waals surface area contributed by atoms with Crippen molar-refractivity contribution in [2.24, 2.45) is 0 Å². The summed E-state index contributed by atoms with van der Waals surface area (Å²) in [6, 6.07) is 0. The predicted octanol–water partition coefficient (Wildman–Crippen LogP) is 0.194. The van der Waals surface area contributed by atoms with Gasteiger partial charge in [0, 0.05) is 0 Å². The third-order valence-electron chi connectivity index (χ3n) is 0.447. The van der Waals surface area contributed by atoms with Gasteiger partial charge in [-0.2, -0.15) is 0 Å². The van der Waals surface area contributed by atoms with E-state index < -0.39 is 0 Å². The van der Waals surface area contributed by atoms with Crippen LogP contribution >= 0.6 is 0 Å². The van der Waals surface area contributed by atoms with Gasteiger partial charge in [0.2, 0.25) is 0 Å². The summed E-state index contributed by atoms with van der Waals surface area (Å²) in [7, 11) is 6.00. The Hall–Kier alpha value is 0.920. The van der Waals surface area contributed by atoms with Gasteiger partial charge in [0.1, 0.15) is 0 Å². The topological polar surface area (TPSA) is 30.0 Å². The Bertz CT molecular complexity index is 62.5. The molecule has 0 fully saturated rings. The Morgan fingerprint density at radius 2 is 1.50 bits per heavy atom. The van der Waals surface area contributed by atoms with E-state index in [2.05, 4.69) is 0 Å². The van der Waals surface area contributed by atoms with Crippen molar-refractivity contribution in [3.05, 3.63) is 12.8 Å². The summed E-state index contributed by atoms with van der Waals surface area (Å²) in [5.41, 5.74) is 0. The predicted molar refractivity (Wildman–Crippen MR) is 35.7 cm³/mol. The van der Waals surface area contributed by atoms with Crippen molar-refractivity contribution in [3.63, 3.8) is 0 Å². The molecule has 0 unspecified atom stereocenters. The Morgan fingerprint density at radius 3 is 1.50 bits per heavy atom. The van der Waals surface area contributed by atoms with Crippen LogP contribution in [0.1, 0.15) is 1.43 Å². The third-order valence-corrected chi connectivity index (χ3v) is 0.447. The van der Waals surface area contributed by atoms with Crippen LogP contribution in [-0.4, -0.2) is 68.8 Å². The molecule has 0 aromatic rings. The normalized spacial score (nSPS) is 8.38. The first kappa shape index (κ1) is 16.0. The second-order valence-electron chi connectivity index (χ2n) is 2.27. The average molecular weight is 143 g/mol. The molecule has 0 saturated heterocycles. The quantitative estimate of drug-likeness (QED) is 0.293. The zero-order chi connectivity index (χ0) is 5.21. The molecular formula is C5H13CaNO. The first-order valence-electron chi connectivity index (χ1n) is 1.93. The molecule has 0 radical (unpaired) electrons. The van der Waals surface area contributed by atoms with E-state index in [0.717, 1.165) is 4.48 Å². The maximum Gasteiger partial charge on any atom is 2.00 e. The molecule has 1 N–H and O–H groups in total. The van der Waals surface area contributed by atoms with Gasteiger partial charge in [0.15, 0.2) is 0 Å². The Labute approximate surface area is 82.6 Å². The van der Waals surface area contributed by atoms with Crippen molar-refractivity contribution in [2.75, 3.05) is 21.1 Å². The molecule has 0 heterocycles. The Morgan fingerprint density at radius 1 is 1.38 bits per heavy atom. The second kappa shape index (κ2) is 6.05. The van der Waals surface area contributed by atoms with Crippen LogP contribution < -0.4 is 0 Å². The summed E-state index contributed by atoms with van der Waals surface area (Å²) in [6.07, 6.45) is 1.62. The van der Waals surface area contributed by atoms with Crippen molar-refractivity contribution < 1.29 is 11.4 Å². The van der Waals surface area contributed by atoms with Crippen molar-refractivity contribution in [3.8, 4) is 0 Å². The average Bonchev–Trinajstić information content (AvgIpc) is 1.35. The second-order valence-corrected chi connectivity index (χ2v) is 2.27. The van der Waals surface area contributed by atoms with Crippen molar-refractivity contribution in [1.82, 2.24) is 0 Å². The minimum Gasteiger partial charge on any atom is -1.00 e. The van der Waals surface area contributed by atoms with Gasteiger partial charge in [0.25, 0.3) is 0 Å². The molecule has 8 heavy (non-hydrogen) atoms. The van der Waals surface area contributed by atoms with Crippen LogP contribution in [0, 0.1) is 6.58 Å². The molecule has 0 atom stereocenters. The van der Waals surface area contributed by atoms with Gasteiger partial charge in [-0.25, -0.2) is 0 Å². The fourth-order valence-corrected chi connectivity index (χ4v) is 0. The van der Waals surface area contributed by atoms with E-state index in [9.17, 15) is 0 Å². The van der Waals surface area contributed by atoms with Gasteiger partial charge in [-0.15, -0.1) is 0 Å². The van der Waals surface area contributed by atoms with E-state index in [-0.39, 0.29) is 44.6 Å². The molecule has 0 rings (SSSR count). The monoisotopic (exact) mass is 143 g/mol. The van der Waals surface area contributed by atoms with Crippen LogP contribution in [0.3, 0.4) is 0 Å². The largest absolute Gasteiger partial charge is 2.00 e. The molecule has 46 valence electrons. The first-order chi connectivity index (χ1) is 2.56. The maximum atomic E-state index is 5.15. The molecule has 0 aromatic carbocycles. The van der Waals surface area contributed by atoms with Gasteiger partial charge in [0.05, 0.1) is 21.1 Å². The summed E-state index contributed by atoms with van der Waals surface area (Å²) in [6.45, 7) is 5.15. The van der Waals surface area contributed by atoms with Gasteiger partial charge in [-0.05, 0) is 0 Å². The molecular weight excluding hydrogens is 130 g/mol. The number of hydrogen-bond acceptors (Lipinski definition) is 1. The molecule has 0 aliphatic heterocycles. The van der Waals surface area contributed by atoms with Crippen molar-refractivity contribution in [1.29, 1.82) is 0 Å². The molecule has 0 amide bonds. The van der Waals surface area contributed by atoms with E-state index in [1.807, 2.05) is 21.1 Å². The standard InChI is InChI=1S/C5H11N.Ca.H2O.H/c1-5-6(2,3)4;;;/h1,5H,2-4H3;;1H2;/q;+2;;-1/p-1. The van der Waals surface area contributed by atoms with E-state index in [0.29, 0.717) is 0 Å². The number of hydrogen-bond donors (Lipinski definition) is 0. The van der Waals surface area contributed by atoms with E-state index in [4.69, 9.17) is 6.58 Å². The third kappa shape index (κ3) is 15.8. The Balaban J connectivity index is -0.0000000417. The summed E-state index contributed by atoms with van der Waals surface area (Å²) in [5, 5.41) is 0. The SMILES string of the molecule is [CH-]=C[N+](C)(C)C.[Ca+2].[H-].[OH-].